The zero-order valence-electron chi connectivity index (χ0n) is 11.5. The molecule has 0 aromatic heterocycles. The summed E-state index contributed by atoms with van der Waals surface area (Å²) in [7, 11) is 0. The minimum Gasteiger partial charge on any atom is -0.0584 e. The molecule has 0 unspecified atom stereocenters. The lowest BCUT2D eigenvalue weighted by Crippen LogP contribution is -1.89. The summed E-state index contributed by atoms with van der Waals surface area (Å²) in [6, 6.07) is 13.4. The Hall–Kier alpha value is -1.82. The lowest BCUT2D eigenvalue weighted by molar-refractivity contribution is 1.38. The molecule has 0 heterocycles. The third-order valence-electron chi connectivity index (χ3n) is 4.12. The number of aryl methyl sites for hydroxylation is 4. The van der Waals surface area contributed by atoms with Crippen molar-refractivity contribution in [3.05, 3.63) is 58.7 Å². The monoisotopic (exact) mass is 234 g/mol. The molecular formula is C18H18. The van der Waals surface area contributed by atoms with Gasteiger partial charge in [-0.05, 0) is 71.5 Å². The number of rotatable bonds is 0. The molecule has 0 saturated heterocycles. The smallest absolute Gasteiger partial charge is 0.00707 e. The summed E-state index contributed by atoms with van der Waals surface area (Å²) in [4.78, 5) is 0. The lowest BCUT2D eigenvalue weighted by atomic mass is 9.91. The van der Waals surface area contributed by atoms with Crippen LogP contribution in [0.5, 0.6) is 0 Å². The maximum absolute atomic E-state index is 2.26. The van der Waals surface area contributed by atoms with E-state index in [1.54, 1.807) is 0 Å². The maximum Gasteiger partial charge on any atom is -0.00707 e. The van der Waals surface area contributed by atoms with E-state index < -0.39 is 0 Å². The van der Waals surface area contributed by atoms with Gasteiger partial charge in [-0.25, -0.2) is 0 Å². The minimum atomic E-state index is 1.35. The second kappa shape index (κ2) is 3.84. The highest BCUT2D eigenvalue weighted by atomic mass is 14.1. The molecule has 0 amide bonds. The van der Waals surface area contributed by atoms with Gasteiger partial charge in [0, 0.05) is 0 Å². The molecule has 0 atom stereocenters. The summed E-state index contributed by atoms with van der Waals surface area (Å²) in [5, 5.41) is 5.58. The fourth-order valence-corrected chi connectivity index (χ4v) is 2.86. The van der Waals surface area contributed by atoms with Crippen LogP contribution < -0.4 is 0 Å². The molecule has 0 N–H and O–H groups in total. The van der Waals surface area contributed by atoms with E-state index >= 15 is 0 Å². The predicted octanol–water partition coefficient (Wildman–Crippen LogP) is 5.23. The van der Waals surface area contributed by atoms with E-state index in [-0.39, 0.29) is 0 Å². The van der Waals surface area contributed by atoms with Crippen LogP contribution in [0, 0.1) is 27.7 Å². The molecule has 18 heavy (non-hydrogen) atoms. The van der Waals surface area contributed by atoms with Crippen LogP contribution in [-0.4, -0.2) is 0 Å². The first kappa shape index (κ1) is 11.3. The zero-order valence-corrected chi connectivity index (χ0v) is 11.5. The largest absolute Gasteiger partial charge is 0.0584 e. The molecule has 0 aliphatic heterocycles. The molecule has 0 heteroatoms. The van der Waals surface area contributed by atoms with E-state index in [0.717, 1.165) is 0 Å². The Kier molecular flexibility index (Phi) is 2.41. The SMILES string of the molecule is Cc1ccc2ccc3c(C)ccc(C)c3c2c1C. The van der Waals surface area contributed by atoms with Crippen molar-refractivity contribution in [3.63, 3.8) is 0 Å². The van der Waals surface area contributed by atoms with E-state index in [9.17, 15) is 0 Å². The van der Waals surface area contributed by atoms with E-state index in [1.807, 2.05) is 0 Å². The van der Waals surface area contributed by atoms with Crippen LogP contribution in [0.4, 0.5) is 0 Å². The van der Waals surface area contributed by atoms with Crippen molar-refractivity contribution in [2.75, 3.05) is 0 Å². The number of benzene rings is 3. The Morgan fingerprint density at radius 1 is 0.556 bits per heavy atom. The maximum atomic E-state index is 2.26. The van der Waals surface area contributed by atoms with Crippen LogP contribution in [0.2, 0.25) is 0 Å². The normalized spacial score (nSPS) is 11.3. The summed E-state index contributed by atoms with van der Waals surface area (Å²) >= 11 is 0. The lowest BCUT2D eigenvalue weighted by Gasteiger charge is -2.13. The molecule has 0 bridgehead atoms. The molecule has 0 aliphatic rings. The summed E-state index contributed by atoms with van der Waals surface area (Å²) in [5.74, 6) is 0. The molecule has 0 radical (unpaired) electrons. The van der Waals surface area contributed by atoms with Crippen molar-refractivity contribution < 1.29 is 0 Å². The van der Waals surface area contributed by atoms with Gasteiger partial charge < -0.3 is 0 Å². The molecule has 3 aromatic carbocycles. The van der Waals surface area contributed by atoms with Gasteiger partial charge in [0.25, 0.3) is 0 Å². The van der Waals surface area contributed by atoms with Gasteiger partial charge in [0.15, 0.2) is 0 Å². The van der Waals surface area contributed by atoms with Gasteiger partial charge in [-0.1, -0.05) is 36.4 Å². The van der Waals surface area contributed by atoms with Crippen LogP contribution in [0.25, 0.3) is 21.5 Å². The van der Waals surface area contributed by atoms with Gasteiger partial charge in [0.2, 0.25) is 0 Å². The first-order valence-corrected chi connectivity index (χ1v) is 6.48. The average Bonchev–Trinajstić information content (AvgIpc) is 2.37. The van der Waals surface area contributed by atoms with Gasteiger partial charge in [0.05, 0.1) is 0 Å². The van der Waals surface area contributed by atoms with Gasteiger partial charge in [0.1, 0.15) is 0 Å². The van der Waals surface area contributed by atoms with E-state index in [4.69, 9.17) is 0 Å². The molecule has 0 nitrogen and oxygen atoms in total. The molecule has 0 aliphatic carbocycles. The van der Waals surface area contributed by atoms with Crippen molar-refractivity contribution in [2.24, 2.45) is 0 Å². The third kappa shape index (κ3) is 1.45. The first-order chi connectivity index (χ1) is 8.59. The molecule has 0 saturated carbocycles. The van der Waals surface area contributed by atoms with Crippen molar-refractivity contribution in [1.82, 2.24) is 0 Å². The molecule has 3 aromatic rings. The second-order valence-corrected chi connectivity index (χ2v) is 5.29. The molecule has 0 spiro atoms. The van der Waals surface area contributed by atoms with Crippen LogP contribution >= 0.6 is 0 Å². The van der Waals surface area contributed by atoms with Gasteiger partial charge in [-0.3, -0.25) is 0 Å². The highest BCUT2D eigenvalue weighted by Gasteiger charge is 2.08. The highest BCUT2D eigenvalue weighted by Crippen LogP contribution is 2.33. The average molecular weight is 234 g/mol. The Morgan fingerprint density at radius 3 is 1.94 bits per heavy atom. The number of hydrogen-bond acceptors (Lipinski definition) is 0. The zero-order chi connectivity index (χ0) is 12.9. The standard InChI is InChI=1S/C18H18/c1-11-7-8-15-9-10-16-12(2)5-6-13(3)17(16)18(15)14(11)4/h5-10H,1-4H3. The summed E-state index contributed by atoms with van der Waals surface area (Å²) in [6.07, 6.45) is 0. The third-order valence-corrected chi connectivity index (χ3v) is 4.12. The van der Waals surface area contributed by atoms with Crippen LogP contribution in [-0.2, 0) is 0 Å². The summed E-state index contributed by atoms with van der Waals surface area (Å²) in [5.41, 5.74) is 5.51. The molecule has 3 rings (SSSR count). The Balaban J connectivity index is 2.68. The van der Waals surface area contributed by atoms with Crippen LogP contribution in [0.1, 0.15) is 22.3 Å². The highest BCUT2D eigenvalue weighted by molar-refractivity contribution is 6.11. The summed E-state index contributed by atoms with van der Waals surface area (Å²) in [6.45, 7) is 8.83. The second-order valence-electron chi connectivity index (χ2n) is 5.29. The Morgan fingerprint density at radius 2 is 1.17 bits per heavy atom. The van der Waals surface area contributed by atoms with Crippen LogP contribution in [0.15, 0.2) is 36.4 Å². The van der Waals surface area contributed by atoms with Gasteiger partial charge in [-0.15, -0.1) is 0 Å². The molecule has 0 fully saturated rings. The molecular weight excluding hydrogens is 216 g/mol. The van der Waals surface area contributed by atoms with Gasteiger partial charge in [-0.2, -0.15) is 0 Å². The molecule has 90 valence electrons. The first-order valence-electron chi connectivity index (χ1n) is 6.48. The van der Waals surface area contributed by atoms with Crippen molar-refractivity contribution >= 4 is 21.5 Å². The Labute approximate surface area is 108 Å². The van der Waals surface area contributed by atoms with Crippen molar-refractivity contribution in [1.29, 1.82) is 0 Å². The van der Waals surface area contributed by atoms with Crippen molar-refractivity contribution in [3.8, 4) is 0 Å². The van der Waals surface area contributed by atoms with Gasteiger partial charge >= 0.3 is 0 Å². The quantitative estimate of drug-likeness (QED) is 0.467. The number of fused-ring (bicyclic) bond motifs is 3. The summed E-state index contributed by atoms with van der Waals surface area (Å²) < 4.78 is 0. The number of hydrogen-bond donors (Lipinski definition) is 0. The van der Waals surface area contributed by atoms with Crippen molar-refractivity contribution in [2.45, 2.75) is 27.7 Å². The topological polar surface area (TPSA) is 0 Å². The fraction of sp³-hybridized carbons (Fsp3) is 0.222. The Bertz CT molecular complexity index is 764. The van der Waals surface area contributed by atoms with E-state index in [2.05, 4.69) is 64.1 Å². The van der Waals surface area contributed by atoms with Crippen LogP contribution in [0.3, 0.4) is 0 Å². The van der Waals surface area contributed by atoms with E-state index in [0.29, 0.717) is 0 Å². The minimum absolute atomic E-state index is 1.35. The fourth-order valence-electron chi connectivity index (χ4n) is 2.86. The van der Waals surface area contributed by atoms with E-state index in [1.165, 1.54) is 43.8 Å². The predicted molar refractivity (Wildman–Crippen MR) is 80.4 cm³/mol.